The Hall–Kier alpha value is -1.38. The molecule has 1 N–H and O–H groups in total. The highest BCUT2D eigenvalue weighted by molar-refractivity contribution is 7.89. The van der Waals surface area contributed by atoms with Crippen LogP contribution in [0.4, 0.5) is 0 Å². The second-order valence-corrected chi connectivity index (χ2v) is 6.15. The molecule has 0 bridgehead atoms. The standard InChI is InChI=1S/C12H14N2O2S/c1-9-6-12(5-4-11(9)7-13)17(15,16)14-8-10-2-3-10/h4-6,10,14H,2-3,8H2,1H3. The van der Waals surface area contributed by atoms with E-state index >= 15 is 0 Å². The summed E-state index contributed by atoms with van der Waals surface area (Å²) in [6, 6.07) is 6.57. The number of rotatable bonds is 4. The largest absolute Gasteiger partial charge is 0.240 e. The van der Waals surface area contributed by atoms with Gasteiger partial charge in [-0.05, 0) is 49.4 Å². The normalized spacial score (nSPS) is 15.5. The van der Waals surface area contributed by atoms with E-state index in [0.717, 1.165) is 12.8 Å². The molecule has 17 heavy (non-hydrogen) atoms. The monoisotopic (exact) mass is 250 g/mol. The number of nitriles is 1. The topological polar surface area (TPSA) is 70.0 Å². The summed E-state index contributed by atoms with van der Waals surface area (Å²) < 4.78 is 26.4. The molecule has 1 fully saturated rings. The molecule has 0 aromatic heterocycles. The Morgan fingerprint density at radius 3 is 2.71 bits per heavy atom. The maximum Gasteiger partial charge on any atom is 0.240 e. The second kappa shape index (κ2) is 4.47. The van der Waals surface area contributed by atoms with Gasteiger partial charge in [0.2, 0.25) is 10.0 Å². The molecule has 0 aliphatic heterocycles. The number of sulfonamides is 1. The first-order chi connectivity index (χ1) is 8.03. The van der Waals surface area contributed by atoms with E-state index in [1.165, 1.54) is 12.1 Å². The summed E-state index contributed by atoms with van der Waals surface area (Å²) in [5.41, 5.74) is 1.19. The molecule has 0 saturated heterocycles. The van der Waals surface area contributed by atoms with Crippen molar-refractivity contribution in [1.29, 1.82) is 5.26 Å². The Labute approximate surface area is 101 Å². The van der Waals surface area contributed by atoms with Gasteiger partial charge in [-0.1, -0.05) is 0 Å². The zero-order valence-corrected chi connectivity index (χ0v) is 10.4. The molecule has 1 aliphatic rings. The number of hydrogen-bond acceptors (Lipinski definition) is 3. The Morgan fingerprint density at radius 1 is 1.47 bits per heavy atom. The number of nitrogens with zero attached hydrogens (tertiary/aromatic N) is 1. The summed E-state index contributed by atoms with van der Waals surface area (Å²) in [6.07, 6.45) is 2.21. The van der Waals surface area contributed by atoms with Crippen LogP contribution in [0.1, 0.15) is 24.0 Å². The Balaban J connectivity index is 2.20. The SMILES string of the molecule is Cc1cc(S(=O)(=O)NCC2CC2)ccc1C#N. The van der Waals surface area contributed by atoms with Gasteiger partial charge in [0.15, 0.2) is 0 Å². The minimum absolute atomic E-state index is 0.231. The summed E-state index contributed by atoms with van der Waals surface area (Å²) in [7, 11) is -3.42. The van der Waals surface area contributed by atoms with Gasteiger partial charge < -0.3 is 0 Å². The first kappa shape index (κ1) is 12.1. The fraction of sp³-hybridized carbons (Fsp3) is 0.417. The van der Waals surface area contributed by atoms with E-state index in [0.29, 0.717) is 23.6 Å². The highest BCUT2D eigenvalue weighted by Gasteiger charge is 2.24. The molecule has 1 aromatic carbocycles. The van der Waals surface area contributed by atoms with Gasteiger partial charge in [-0.3, -0.25) is 0 Å². The van der Waals surface area contributed by atoms with Gasteiger partial charge in [0, 0.05) is 6.54 Å². The van der Waals surface area contributed by atoms with Gasteiger partial charge in [-0.25, -0.2) is 13.1 Å². The summed E-state index contributed by atoms with van der Waals surface area (Å²) in [5, 5.41) is 8.78. The molecule has 1 aliphatic carbocycles. The molecular weight excluding hydrogens is 236 g/mol. The van der Waals surface area contributed by atoms with E-state index in [1.54, 1.807) is 13.0 Å². The van der Waals surface area contributed by atoms with Crippen molar-refractivity contribution in [2.24, 2.45) is 5.92 Å². The highest BCUT2D eigenvalue weighted by Crippen LogP contribution is 2.28. The van der Waals surface area contributed by atoms with Crippen LogP contribution >= 0.6 is 0 Å². The molecule has 90 valence electrons. The van der Waals surface area contributed by atoms with E-state index in [-0.39, 0.29) is 4.90 Å². The van der Waals surface area contributed by atoms with Crippen LogP contribution in [0.25, 0.3) is 0 Å². The quantitative estimate of drug-likeness (QED) is 0.881. The summed E-state index contributed by atoms with van der Waals surface area (Å²) in [5.74, 6) is 0.504. The molecule has 0 radical (unpaired) electrons. The van der Waals surface area contributed by atoms with Crippen molar-refractivity contribution in [3.05, 3.63) is 29.3 Å². The van der Waals surface area contributed by atoms with Crippen molar-refractivity contribution in [3.63, 3.8) is 0 Å². The van der Waals surface area contributed by atoms with E-state index in [9.17, 15) is 8.42 Å². The Bertz CT molecular complexity index is 569. The molecular formula is C12H14N2O2S. The third kappa shape index (κ3) is 2.84. The van der Waals surface area contributed by atoms with E-state index in [2.05, 4.69) is 4.72 Å². The van der Waals surface area contributed by atoms with Crippen LogP contribution in [0.5, 0.6) is 0 Å². The van der Waals surface area contributed by atoms with Crippen LogP contribution < -0.4 is 4.72 Å². The Morgan fingerprint density at radius 2 is 2.18 bits per heavy atom. The van der Waals surface area contributed by atoms with Gasteiger partial charge in [0.05, 0.1) is 16.5 Å². The average Bonchev–Trinajstić information content (AvgIpc) is 3.10. The average molecular weight is 250 g/mol. The van der Waals surface area contributed by atoms with Gasteiger partial charge in [-0.2, -0.15) is 5.26 Å². The molecule has 0 atom stereocenters. The van der Waals surface area contributed by atoms with Gasteiger partial charge in [0.1, 0.15) is 0 Å². The lowest BCUT2D eigenvalue weighted by molar-refractivity contribution is 0.577. The number of benzene rings is 1. The van der Waals surface area contributed by atoms with Crippen molar-refractivity contribution >= 4 is 10.0 Å². The number of nitrogens with one attached hydrogen (secondary N) is 1. The van der Waals surface area contributed by atoms with Crippen LogP contribution in [0, 0.1) is 24.2 Å². The van der Waals surface area contributed by atoms with Crippen molar-refractivity contribution in [3.8, 4) is 6.07 Å². The molecule has 1 aromatic rings. The van der Waals surface area contributed by atoms with Crippen molar-refractivity contribution in [1.82, 2.24) is 4.72 Å². The summed E-state index contributed by atoms with van der Waals surface area (Å²) in [6.45, 7) is 2.25. The fourth-order valence-corrected chi connectivity index (χ4v) is 2.76. The molecule has 4 nitrogen and oxygen atoms in total. The van der Waals surface area contributed by atoms with Crippen LogP contribution in [0.3, 0.4) is 0 Å². The lowest BCUT2D eigenvalue weighted by atomic mass is 10.1. The van der Waals surface area contributed by atoms with Gasteiger partial charge in [0.25, 0.3) is 0 Å². The first-order valence-electron chi connectivity index (χ1n) is 5.53. The molecule has 1 saturated carbocycles. The predicted octanol–water partition coefficient (Wildman–Crippen LogP) is 1.56. The third-order valence-electron chi connectivity index (χ3n) is 2.89. The van der Waals surface area contributed by atoms with Gasteiger partial charge >= 0.3 is 0 Å². The summed E-state index contributed by atoms with van der Waals surface area (Å²) in [4.78, 5) is 0.231. The fourth-order valence-electron chi connectivity index (χ4n) is 1.56. The van der Waals surface area contributed by atoms with Crippen molar-refractivity contribution in [2.75, 3.05) is 6.54 Å². The zero-order valence-electron chi connectivity index (χ0n) is 9.60. The Kier molecular flexibility index (Phi) is 3.18. The van der Waals surface area contributed by atoms with Crippen LogP contribution in [0.2, 0.25) is 0 Å². The minimum atomic E-state index is -3.42. The highest BCUT2D eigenvalue weighted by atomic mass is 32.2. The van der Waals surface area contributed by atoms with Crippen molar-refractivity contribution < 1.29 is 8.42 Å². The van der Waals surface area contributed by atoms with E-state index < -0.39 is 10.0 Å². The maximum atomic E-state index is 11.9. The minimum Gasteiger partial charge on any atom is -0.211 e. The van der Waals surface area contributed by atoms with Crippen LogP contribution in [0.15, 0.2) is 23.1 Å². The number of aryl methyl sites for hydroxylation is 1. The molecule has 2 rings (SSSR count). The van der Waals surface area contributed by atoms with Gasteiger partial charge in [-0.15, -0.1) is 0 Å². The predicted molar refractivity (Wildman–Crippen MR) is 63.8 cm³/mol. The smallest absolute Gasteiger partial charge is 0.211 e. The summed E-state index contributed by atoms with van der Waals surface area (Å²) >= 11 is 0. The molecule has 0 heterocycles. The lowest BCUT2D eigenvalue weighted by Gasteiger charge is -2.07. The second-order valence-electron chi connectivity index (χ2n) is 4.38. The van der Waals surface area contributed by atoms with E-state index in [4.69, 9.17) is 5.26 Å². The molecule has 5 heteroatoms. The zero-order chi connectivity index (χ0) is 12.5. The lowest BCUT2D eigenvalue weighted by Crippen LogP contribution is -2.25. The number of hydrogen-bond donors (Lipinski definition) is 1. The maximum absolute atomic E-state index is 11.9. The van der Waals surface area contributed by atoms with Crippen LogP contribution in [-0.4, -0.2) is 15.0 Å². The van der Waals surface area contributed by atoms with Crippen LogP contribution in [-0.2, 0) is 10.0 Å². The van der Waals surface area contributed by atoms with E-state index in [1.807, 2.05) is 6.07 Å². The molecule has 0 spiro atoms. The van der Waals surface area contributed by atoms with Crippen molar-refractivity contribution in [2.45, 2.75) is 24.7 Å². The molecule has 0 amide bonds. The third-order valence-corrected chi connectivity index (χ3v) is 4.31. The molecule has 0 unspecified atom stereocenters. The first-order valence-corrected chi connectivity index (χ1v) is 7.01.